The van der Waals surface area contributed by atoms with E-state index in [1.807, 2.05) is 145 Å². The lowest BCUT2D eigenvalue weighted by Crippen LogP contribution is -2.44. The van der Waals surface area contributed by atoms with E-state index in [9.17, 15) is 4.39 Å². The van der Waals surface area contributed by atoms with E-state index in [-0.39, 0.29) is 159 Å². The molecule has 5 heterocycles. The minimum atomic E-state index is -1.07. The van der Waals surface area contributed by atoms with Crippen molar-refractivity contribution in [2.75, 3.05) is 60.5 Å². The third kappa shape index (κ3) is 32.3. The van der Waals surface area contributed by atoms with Gasteiger partial charge < -0.3 is 91.0 Å². The predicted molar refractivity (Wildman–Crippen MR) is 327 cm³/mol. The second-order valence-electron chi connectivity index (χ2n) is 25.5. The Bertz CT molecular complexity index is 1560. The number of nitrogens with two attached hydrogens (primary N) is 1. The van der Waals surface area contributed by atoms with Crippen LogP contribution in [0.2, 0.25) is 0 Å². The van der Waals surface area contributed by atoms with Crippen LogP contribution in [0.1, 0.15) is 180 Å². The fraction of sp³-hybridized carbons (Fsp3) is 1.00. The van der Waals surface area contributed by atoms with Gasteiger partial charge in [-0.3, -0.25) is 0 Å². The molecule has 0 aliphatic carbocycles. The summed E-state index contributed by atoms with van der Waals surface area (Å²) in [5, 5.41) is 0. The highest BCUT2D eigenvalue weighted by Crippen LogP contribution is 2.31. The van der Waals surface area contributed by atoms with Crippen molar-refractivity contribution in [1.82, 2.24) is 0 Å². The zero-order valence-corrected chi connectivity index (χ0v) is 57.7. The summed E-state index contributed by atoms with van der Waals surface area (Å²) in [6.45, 7) is 53.7. The van der Waals surface area contributed by atoms with Crippen molar-refractivity contribution >= 4 is 0 Å². The number of rotatable bonds is 30. The molecule has 5 rings (SSSR count). The molecule has 0 radical (unpaired) electrons. The standard InChI is InChI=1S/C15H30O5.C13H26O4.C12H23FO3.C12H25NO3.C12H24O3/c1-10(2)18-9-13-15(19-11(3)4)14(12(5)20-13)17-8-7-16-6;1-8(2)15-7-11-13(16-9(3)4)12(14-6)10(5)17-11;2*1-7(2)14-6-10-12(15-8(3)4)11(13)9(5)16-10;1-8(2)13-7-12-11(14-9(3)4)6-10(5)15-12/h10-15H,7-9H2,1-6H3;8-13H,7H2,1-6H3;7-12H,6H2,1-5H3;7-12H,6,13H2,1-5H3;8-12H,6-7H2,1-5H3/t12-,13+,14?,15-;10-,11+,12?,13-;2*9-,10+,11?,12-;10-,11+,12+/m00000/s1. The number of halogens is 1. The fourth-order valence-electron chi connectivity index (χ4n) is 9.96. The van der Waals surface area contributed by atoms with Crippen molar-refractivity contribution < 1.29 is 89.7 Å². The van der Waals surface area contributed by atoms with E-state index in [0.717, 1.165) is 6.42 Å². The van der Waals surface area contributed by atoms with E-state index < -0.39 is 18.4 Å². The Balaban J connectivity index is 0.000000527. The summed E-state index contributed by atoms with van der Waals surface area (Å²) in [6, 6.07) is -0.0665. The highest BCUT2D eigenvalue weighted by Gasteiger charge is 2.47. The van der Waals surface area contributed by atoms with Gasteiger partial charge in [0.15, 0.2) is 6.17 Å². The molecule has 0 aromatic carbocycles. The SMILES string of the molecule is CC(C)OC[C@H]1O[C@@H](C)C(F)[C@H]1OC(C)C.CC(C)OC[C@H]1O[C@@H](C)C(N)[C@H]1OC(C)C.CC(C)OC[C@H]1O[C@@H](C)C[C@H]1OC(C)C.COC1[C@H](C)O[C@H](COC(C)C)[C@@H]1OC(C)C.COCCOC1[C@H](C)O[C@H](COC(C)C)[C@@H]1OC(C)C. The van der Waals surface area contributed by atoms with Gasteiger partial charge in [0.2, 0.25) is 0 Å². The van der Waals surface area contributed by atoms with Gasteiger partial charge in [-0.1, -0.05) is 0 Å². The minimum Gasteiger partial charge on any atom is -0.382 e. The van der Waals surface area contributed by atoms with Crippen molar-refractivity contribution in [2.24, 2.45) is 5.73 Å². The Morgan fingerprint density at radius 3 is 1.10 bits per heavy atom. The number of alkyl halides is 1. The zero-order chi connectivity index (χ0) is 64.1. The molecule has 5 aliphatic rings. The molecule has 0 spiro atoms. The molecule has 20 heteroatoms. The second-order valence-corrected chi connectivity index (χ2v) is 25.5. The third-order valence-corrected chi connectivity index (χ3v) is 13.7. The van der Waals surface area contributed by atoms with Crippen LogP contribution in [0.15, 0.2) is 0 Å². The summed E-state index contributed by atoms with van der Waals surface area (Å²) in [5.74, 6) is 0. The van der Waals surface area contributed by atoms with Gasteiger partial charge in [0.1, 0.15) is 67.1 Å². The maximum atomic E-state index is 13.8. The average molecular weight is 1220 g/mol. The molecule has 19 nitrogen and oxygen atoms in total. The molecule has 19 atom stereocenters. The lowest BCUT2D eigenvalue weighted by Gasteiger charge is -2.26. The van der Waals surface area contributed by atoms with Crippen LogP contribution in [0.3, 0.4) is 0 Å². The van der Waals surface area contributed by atoms with Gasteiger partial charge in [0.05, 0.1) is 150 Å². The molecule has 0 aromatic rings. The summed E-state index contributed by atoms with van der Waals surface area (Å²) in [7, 11) is 3.37. The smallest absolute Gasteiger partial charge is 0.155 e. The first kappa shape index (κ1) is 81.2. The topological polar surface area (TPSA) is 192 Å². The van der Waals surface area contributed by atoms with Gasteiger partial charge in [0.25, 0.3) is 0 Å². The van der Waals surface area contributed by atoms with E-state index >= 15 is 0 Å². The molecule has 84 heavy (non-hydrogen) atoms. The van der Waals surface area contributed by atoms with Gasteiger partial charge in [-0.15, -0.1) is 0 Å². The Kier molecular flexibility index (Phi) is 41.6. The molecule has 2 N–H and O–H groups in total. The van der Waals surface area contributed by atoms with Gasteiger partial charge in [0, 0.05) is 20.6 Å². The summed E-state index contributed by atoms with van der Waals surface area (Å²) in [4.78, 5) is 0. The van der Waals surface area contributed by atoms with E-state index in [1.54, 1.807) is 21.1 Å². The molecule has 0 amide bonds. The maximum Gasteiger partial charge on any atom is 0.155 e. The second kappa shape index (κ2) is 43.0. The number of hydrogen-bond donors (Lipinski definition) is 1. The molecule has 5 aliphatic heterocycles. The first-order chi connectivity index (χ1) is 39.2. The van der Waals surface area contributed by atoms with Crippen LogP contribution in [0.5, 0.6) is 0 Å². The Morgan fingerprint density at radius 1 is 0.369 bits per heavy atom. The van der Waals surface area contributed by atoms with Crippen molar-refractivity contribution in [3.05, 3.63) is 0 Å². The van der Waals surface area contributed by atoms with E-state index in [4.69, 9.17) is 91.0 Å². The summed E-state index contributed by atoms with van der Waals surface area (Å²) in [5.41, 5.74) is 6.06. The van der Waals surface area contributed by atoms with Crippen LogP contribution < -0.4 is 5.73 Å². The van der Waals surface area contributed by atoms with Crippen molar-refractivity contribution in [3.63, 3.8) is 0 Å². The van der Waals surface area contributed by atoms with Gasteiger partial charge in [-0.2, -0.15) is 0 Å². The lowest BCUT2D eigenvalue weighted by atomic mass is 10.1. The minimum absolute atomic E-state index is 0.00120. The van der Waals surface area contributed by atoms with Crippen LogP contribution in [0, 0.1) is 0 Å². The van der Waals surface area contributed by atoms with Crippen molar-refractivity contribution in [3.8, 4) is 0 Å². The molecule has 5 fully saturated rings. The Labute approximate surface area is 510 Å². The Morgan fingerprint density at radius 2 is 0.702 bits per heavy atom. The summed E-state index contributed by atoms with van der Waals surface area (Å²) >= 11 is 0. The van der Waals surface area contributed by atoms with E-state index in [1.165, 1.54) is 0 Å². The first-order valence-electron chi connectivity index (χ1n) is 31.9. The maximum absolute atomic E-state index is 13.8. The Hall–Kier alpha value is -0.830. The zero-order valence-electron chi connectivity index (χ0n) is 57.7. The van der Waals surface area contributed by atoms with Crippen molar-refractivity contribution in [1.29, 1.82) is 0 Å². The van der Waals surface area contributed by atoms with Crippen LogP contribution in [-0.2, 0) is 85.3 Å². The molecule has 4 unspecified atom stereocenters. The number of ether oxygens (including phenoxy) is 18. The van der Waals surface area contributed by atoms with Gasteiger partial charge >= 0.3 is 0 Å². The fourth-order valence-corrected chi connectivity index (χ4v) is 9.96. The normalized spacial score (nSPS) is 33.2. The first-order valence-corrected chi connectivity index (χ1v) is 31.9. The van der Waals surface area contributed by atoms with Crippen molar-refractivity contribution in [2.45, 2.75) is 357 Å². The number of hydrogen-bond acceptors (Lipinski definition) is 19. The molecule has 0 aromatic heterocycles. The monoisotopic (exact) mass is 1220 g/mol. The molecule has 5 saturated heterocycles. The molecule has 0 saturated carbocycles. The highest BCUT2D eigenvalue weighted by atomic mass is 19.1. The molecular weight excluding hydrogens is 1090 g/mol. The van der Waals surface area contributed by atoms with Crippen LogP contribution in [-0.4, -0.2) is 237 Å². The van der Waals surface area contributed by atoms with Crippen LogP contribution >= 0.6 is 0 Å². The third-order valence-electron chi connectivity index (χ3n) is 13.7. The number of methoxy groups -OCH3 is 2. The molecule has 0 bridgehead atoms. The van der Waals surface area contributed by atoms with Crippen LogP contribution in [0.25, 0.3) is 0 Å². The van der Waals surface area contributed by atoms with E-state index in [2.05, 4.69) is 20.8 Å². The summed E-state index contributed by atoms with van der Waals surface area (Å²) < 4.78 is 116. The summed E-state index contributed by atoms with van der Waals surface area (Å²) in [6.07, 6.45) is 0.553. The lowest BCUT2D eigenvalue weighted by molar-refractivity contribution is -0.106. The van der Waals surface area contributed by atoms with Gasteiger partial charge in [-0.05, 0) is 173 Å². The highest BCUT2D eigenvalue weighted by molar-refractivity contribution is 4.95. The molecule has 504 valence electrons. The van der Waals surface area contributed by atoms with Gasteiger partial charge in [-0.25, -0.2) is 4.39 Å². The largest absolute Gasteiger partial charge is 0.382 e. The predicted octanol–water partition coefficient (Wildman–Crippen LogP) is 10.1. The quantitative estimate of drug-likeness (QED) is 0.0667. The van der Waals surface area contributed by atoms with E-state index in [0.29, 0.717) is 46.2 Å². The average Bonchev–Trinajstić information content (AvgIpc) is 4.36. The van der Waals surface area contributed by atoms with Crippen LogP contribution in [0.4, 0.5) is 4.39 Å². The molecular formula is C64H128FNO18.